The number of nitrogens with zero attached hydrogens (tertiary/aromatic N) is 3. The van der Waals surface area contributed by atoms with Gasteiger partial charge >= 0.3 is 5.97 Å². The predicted octanol–water partition coefficient (Wildman–Crippen LogP) is -0.273. The molecule has 0 aromatic carbocycles. The summed E-state index contributed by atoms with van der Waals surface area (Å²) in [5.41, 5.74) is 0.733. The molecule has 1 atom stereocenters. The quantitative estimate of drug-likeness (QED) is 0.713. The third-order valence-electron chi connectivity index (χ3n) is 2.22. The lowest BCUT2D eigenvalue weighted by molar-refractivity contribution is -0.137. The first kappa shape index (κ1) is 13.1. The van der Waals surface area contributed by atoms with Crippen LogP contribution >= 0.6 is 0 Å². The van der Waals surface area contributed by atoms with Crippen LogP contribution in [0.4, 0.5) is 0 Å². The first-order chi connectivity index (χ1) is 7.97. The zero-order chi connectivity index (χ0) is 12.8. The molecule has 0 spiro atoms. The molecule has 94 valence electrons. The van der Waals surface area contributed by atoms with Gasteiger partial charge in [0.15, 0.2) is 0 Å². The number of hydrogen-bond donors (Lipinski definition) is 2. The summed E-state index contributed by atoms with van der Waals surface area (Å²) in [6, 6.07) is -0.222. The van der Waals surface area contributed by atoms with Gasteiger partial charge in [-0.1, -0.05) is 5.21 Å². The lowest BCUT2D eigenvalue weighted by Gasteiger charge is -2.15. The van der Waals surface area contributed by atoms with E-state index in [0.717, 1.165) is 5.69 Å². The van der Waals surface area contributed by atoms with Crippen LogP contribution in [0.5, 0.6) is 0 Å². The minimum absolute atomic E-state index is 0.0191. The largest absolute Gasteiger partial charge is 0.481 e. The fraction of sp³-hybridized carbons (Fsp3) is 0.600. The van der Waals surface area contributed by atoms with E-state index in [2.05, 4.69) is 15.6 Å². The molecule has 0 bridgehead atoms. The first-order valence-electron chi connectivity index (χ1n) is 5.31. The number of rotatable bonds is 6. The standard InChI is InChI=1S/C10H16N4O3/c1-7(15)11-8(3-4-10(16)17)5-9-6-14(2)13-12-9/h6,8H,3-5H2,1-2H3,(H,11,15)(H,16,17). The van der Waals surface area contributed by atoms with E-state index in [0.29, 0.717) is 12.8 Å². The second kappa shape index (κ2) is 5.97. The smallest absolute Gasteiger partial charge is 0.303 e. The number of carboxylic acids is 1. The maximum absolute atomic E-state index is 11.0. The van der Waals surface area contributed by atoms with Crippen LogP contribution in [0.2, 0.25) is 0 Å². The summed E-state index contributed by atoms with van der Waals surface area (Å²) in [7, 11) is 1.75. The number of nitrogens with one attached hydrogen (secondary N) is 1. The van der Waals surface area contributed by atoms with E-state index < -0.39 is 5.97 Å². The van der Waals surface area contributed by atoms with Gasteiger partial charge in [-0.05, 0) is 6.42 Å². The number of carbonyl (C=O) groups is 2. The molecular formula is C10H16N4O3. The molecule has 17 heavy (non-hydrogen) atoms. The normalized spacial score (nSPS) is 12.1. The van der Waals surface area contributed by atoms with Crippen molar-refractivity contribution >= 4 is 11.9 Å². The monoisotopic (exact) mass is 240 g/mol. The van der Waals surface area contributed by atoms with Gasteiger partial charge in [0.05, 0.1) is 5.69 Å². The lowest BCUT2D eigenvalue weighted by Crippen LogP contribution is -2.35. The zero-order valence-electron chi connectivity index (χ0n) is 9.88. The van der Waals surface area contributed by atoms with Gasteiger partial charge in [-0.2, -0.15) is 0 Å². The summed E-state index contributed by atoms with van der Waals surface area (Å²) < 4.78 is 1.57. The number of carbonyl (C=O) groups excluding carboxylic acids is 1. The van der Waals surface area contributed by atoms with Gasteiger partial charge in [-0.25, -0.2) is 0 Å². The highest BCUT2D eigenvalue weighted by Gasteiger charge is 2.14. The SMILES string of the molecule is CC(=O)NC(CCC(=O)O)Cc1cn(C)nn1. The van der Waals surface area contributed by atoms with E-state index in [1.165, 1.54) is 6.92 Å². The fourth-order valence-corrected chi connectivity index (χ4v) is 1.55. The number of carboxylic acid groups (broad SMARTS) is 1. The van der Waals surface area contributed by atoms with E-state index in [9.17, 15) is 9.59 Å². The van der Waals surface area contributed by atoms with E-state index in [4.69, 9.17) is 5.11 Å². The van der Waals surface area contributed by atoms with Crippen LogP contribution in [0, 0.1) is 0 Å². The Morgan fingerprint density at radius 3 is 2.76 bits per heavy atom. The van der Waals surface area contributed by atoms with Crippen molar-refractivity contribution in [3.8, 4) is 0 Å². The highest BCUT2D eigenvalue weighted by atomic mass is 16.4. The number of aryl methyl sites for hydroxylation is 1. The third kappa shape index (κ3) is 5.10. The molecule has 0 aliphatic heterocycles. The molecule has 1 amide bonds. The maximum atomic E-state index is 11.0. The van der Waals surface area contributed by atoms with E-state index >= 15 is 0 Å². The highest BCUT2D eigenvalue weighted by Crippen LogP contribution is 2.05. The minimum Gasteiger partial charge on any atom is -0.481 e. The molecule has 1 aromatic rings. The van der Waals surface area contributed by atoms with Crippen molar-refractivity contribution in [3.63, 3.8) is 0 Å². The molecule has 0 fully saturated rings. The molecule has 7 nitrogen and oxygen atoms in total. The topological polar surface area (TPSA) is 97.1 Å². The summed E-state index contributed by atoms with van der Waals surface area (Å²) >= 11 is 0. The lowest BCUT2D eigenvalue weighted by atomic mass is 10.1. The third-order valence-corrected chi connectivity index (χ3v) is 2.22. The second-order valence-electron chi connectivity index (χ2n) is 3.92. The molecule has 0 aliphatic rings. The molecule has 1 aromatic heterocycles. The molecule has 0 radical (unpaired) electrons. The second-order valence-corrected chi connectivity index (χ2v) is 3.92. The van der Waals surface area contributed by atoms with Crippen molar-refractivity contribution in [2.45, 2.75) is 32.2 Å². The van der Waals surface area contributed by atoms with Gasteiger partial charge in [0.1, 0.15) is 0 Å². The molecule has 1 heterocycles. The van der Waals surface area contributed by atoms with E-state index in [-0.39, 0.29) is 18.4 Å². The Morgan fingerprint density at radius 1 is 1.59 bits per heavy atom. The van der Waals surface area contributed by atoms with Crippen LogP contribution in [-0.4, -0.2) is 38.0 Å². The summed E-state index contributed by atoms with van der Waals surface area (Å²) in [5, 5.41) is 19.0. The molecule has 7 heteroatoms. The molecule has 1 unspecified atom stereocenters. The minimum atomic E-state index is -0.875. The number of aliphatic carboxylic acids is 1. The summed E-state index contributed by atoms with van der Waals surface area (Å²) in [6.45, 7) is 1.41. The Morgan fingerprint density at radius 2 is 2.29 bits per heavy atom. The molecule has 2 N–H and O–H groups in total. The molecule has 0 saturated carbocycles. The van der Waals surface area contributed by atoms with E-state index in [1.807, 2.05) is 0 Å². The van der Waals surface area contributed by atoms with Gasteiger partial charge < -0.3 is 10.4 Å². The van der Waals surface area contributed by atoms with Crippen molar-refractivity contribution in [1.82, 2.24) is 20.3 Å². The number of hydrogen-bond acceptors (Lipinski definition) is 4. The van der Waals surface area contributed by atoms with Crippen molar-refractivity contribution in [3.05, 3.63) is 11.9 Å². The zero-order valence-corrected chi connectivity index (χ0v) is 9.88. The Balaban J connectivity index is 2.56. The predicted molar refractivity (Wildman–Crippen MR) is 59.2 cm³/mol. The van der Waals surface area contributed by atoms with Gasteiger partial charge in [0, 0.05) is 39.1 Å². The Kier molecular flexibility index (Phi) is 4.62. The van der Waals surface area contributed by atoms with Gasteiger partial charge in [-0.15, -0.1) is 5.10 Å². The Labute approximate surface area is 98.8 Å². The van der Waals surface area contributed by atoms with Crippen molar-refractivity contribution in [1.29, 1.82) is 0 Å². The number of aromatic nitrogens is 3. The number of amides is 1. The molecule has 0 aliphatic carbocycles. The van der Waals surface area contributed by atoms with Crippen LogP contribution in [-0.2, 0) is 23.1 Å². The summed E-state index contributed by atoms with van der Waals surface area (Å²) in [4.78, 5) is 21.5. The van der Waals surface area contributed by atoms with Crippen molar-refractivity contribution < 1.29 is 14.7 Å². The van der Waals surface area contributed by atoms with Crippen LogP contribution in [0.15, 0.2) is 6.20 Å². The Bertz CT molecular complexity index is 402. The van der Waals surface area contributed by atoms with Gasteiger partial charge in [-0.3, -0.25) is 14.3 Å². The summed E-state index contributed by atoms with van der Waals surface area (Å²) in [5.74, 6) is -1.05. The van der Waals surface area contributed by atoms with Crippen LogP contribution in [0.25, 0.3) is 0 Å². The Hall–Kier alpha value is -1.92. The van der Waals surface area contributed by atoms with Gasteiger partial charge in [0.2, 0.25) is 5.91 Å². The maximum Gasteiger partial charge on any atom is 0.303 e. The first-order valence-corrected chi connectivity index (χ1v) is 5.31. The van der Waals surface area contributed by atoms with E-state index in [1.54, 1.807) is 17.9 Å². The average molecular weight is 240 g/mol. The summed E-state index contributed by atoms with van der Waals surface area (Å²) in [6.07, 6.45) is 2.63. The van der Waals surface area contributed by atoms with Crippen molar-refractivity contribution in [2.24, 2.45) is 7.05 Å². The fourth-order valence-electron chi connectivity index (χ4n) is 1.55. The molecular weight excluding hydrogens is 224 g/mol. The van der Waals surface area contributed by atoms with Crippen molar-refractivity contribution in [2.75, 3.05) is 0 Å². The van der Waals surface area contributed by atoms with Crippen LogP contribution in [0.3, 0.4) is 0 Å². The molecule has 0 saturated heterocycles. The van der Waals surface area contributed by atoms with Crippen LogP contribution in [0.1, 0.15) is 25.5 Å². The van der Waals surface area contributed by atoms with Crippen LogP contribution < -0.4 is 5.32 Å². The highest BCUT2D eigenvalue weighted by molar-refractivity contribution is 5.73. The molecule has 1 rings (SSSR count). The average Bonchev–Trinajstić information content (AvgIpc) is 2.59. The van der Waals surface area contributed by atoms with Gasteiger partial charge in [0.25, 0.3) is 0 Å².